The van der Waals surface area contributed by atoms with Gasteiger partial charge in [0, 0.05) is 0 Å². The third kappa shape index (κ3) is 5.21. The SMILES string of the molecule is C/C=C/CO[C]=O. The Kier molecular flexibility index (Phi) is 4.62. The van der Waals surface area contributed by atoms with Gasteiger partial charge in [0.25, 0.3) is 0 Å². The lowest BCUT2D eigenvalue weighted by atomic mass is 10.6. The zero-order valence-corrected chi connectivity index (χ0v) is 4.18. The first kappa shape index (κ1) is 6.21. The van der Waals surface area contributed by atoms with Crippen molar-refractivity contribution in [1.82, 2.24) is 0 Å². The van der Waals surface area contributed by atoms with Crippen molar-refractivity contribution in [3.63, 3.8) is 0 Å². The Bertz CT molecular complexity index is 66.5. The van der Waals surface area contributed by atoms with Crippen molar-refractivity contribution in [3.05, 3.63) is 12.2 Å². The van der Waals surface area contributed by atoms with Crippen LogP contribution in [-0.2, 0) is 9.53 Å². The van der Waals surface area contributed by atoms with E-state index in [2.05, 4.69) is 4.74 Å². The molecule has 0 fully saturated rings. The fraction of sp³-hybridized carbons (Fsp3) is 0.400. The molecule has 1 radical (unpaired) electrons. The van der Waals surface area contributed by atoms with Crippen LogP contribution >= 0.6 is 0 Å². The monoisotopic (exact) mass is 99.0 g/mol. The molecule has 0 unspecified atom stereocenters. The van der Waals surface area contributed by atoms with Gasteiger partial charge in [-0.2, -0.15) is 0 Å². The normalized spacial score (nSPS) is 9.29. The molecule has 0 aromatic rings. The van der Waals surface area contributed by atoms with E-state index >= 15 is 0 Å². The van der Waals surface area contributed by atoms with Gasteiger partial charge in [-0.05, 0) is 6.92 Å². The molecule has 0 N–H and O–H groups in total. The second-order valence-corrected chi connectivity index (χ2v) is 0.963. The minimum absolute atomic E-state index is 0.333. The summed E-state index contributed by atoms with van der Waals surface area (Å²) in [5.74, 6) is 0. The topological polar surface area (TPSA) is 26.3 Å². The summed E-state index contributed by atoms with van der Waals surface area (Å²) < 4.78 is 4.18. The van der Waals surface area contributed by atoms with E-state index in [0.29, 0.717) is 6.61 Å². The van der Waals surface area contributed by atoms with Gasteiger partial charge in [0.15, 0.2) is 0 Å². The van der Waals surface area contributed by atoms with E-state index < -0.39 is 0 Å². The van der Waals surface area contributed by atoms with Crippen LogP contribution in [-0.4, -0.2) is 13.1 Å². The molecule has 0 amide bonds. The number of carbonyl (C=O) groups excluding carboxylic acids is 1. The molecule has 0 aromatic heterocycles. The third-order valence-electron chi connectivity index (χ3n) is 0.474. The fourth-order valence-electron chi connectivity index (χ4n) is 0.178. The zero-order chi connectivity index (χ0) is 5.54. The van der Waals surface area contributed by atoms with Gasteiger partial charge in [-0.25, -0.2) is 4.79 Å². The van der Waals surface area contributed by atoms with Gasteiger partial charge in [-0.3, -0.25) is 0 Å². The maximum Gasteiger partial charge on any atom is 0.417 e. The predicted molar refractivity (Wildman–Crippen MR) is 26.5 cm³/mol. The Hall–Kier alpha value is -0.790. The number of ether oxygens (including phenoxy) is 1. The largest absolute Gasteiger partial charge is 0.453 e. The highest BCUT2D eigenvalue weighted by molar-refractivity contribution is 5.38. The molecule has 39 valence electrons. The number of hydrogen-bond donors (Lipinski definition) is 0. The number of hydrogen-bond acceptors (Lipinski definition) is 2. The first-order chi connectivity index (χ1) is 3.41. The quantitative estimate of drug-likeness (QED) is 0.383. The van der Waals surface area contributed by atoms with Crippen molar-refractivity contribution >= 4 is 6.47 Å². The summed E-state index contributed by atoms with van der Waals surface area (Å²) in [7, 11) is 0. The molecule has 0 atom stereocenters. The number of allylic oxidation sites excluding steroid dienone is 1. The molecule has 0 heterocycles. The summed E-state index contributed by atoms with van der Waals surface area (Å²) in [6.45, 7) is 3.49. The lowest BCUT2D eigenvalue weighted by Crippen LogP contribution is -1.83. The van der Waals surface area contributed by atoms with Gasteiger partial charge in [-0.15, -0.1) is 0 Å². The van der Waals surface area contributed by atoms with E-state index in [4.69, 9.17) is 0 Å². The van der Waals surface area contributed by atoms with Crippen LogP contribution in [0.1, 0.15) is 6.92 Å². The van der Waals surface area contributed by atoms with Crippen LogP contribution in [0, 0.1) is 0 Å². The predicted octanol–water partition coefficient (Wildman–Crippen LogP) is 0.646. The van der Waals surface area contributed by atoms with Crippen LogP contribution in [0.15, 0.2) is 12.2 Å². The van der Waals surface area contributed by atoms with Crippen LogP contribution < -0.4 is 0 Å². The van der Waals surface area contributed by atoms with Crippen molar-refractivity contribution in [2.75, 3.05) is 6.61 Å². The molecule has 0 aromatic carbocycles. The Morgan fingerprint density at radius 1 is 1.86 bits per heavy atom. The van der Waals surface area contributed by atoms with Gasteiger partial charge in [0.05, 0.1) is 0 Å². The Morgan fingerprint density at radius 3 is 3.00 bits per heavy atom. The maximum atomic E-state index is 9.30. The molecule has 0 aliphatic heterocycles. The van der Waals surface area contributed by atoms with Crippen molar-refractivity contribution in [3.8, 4) is 0 Å². The second-order valence-electron chi connectivity index (χ2n) is 0.963. The summed E-state index contributed by atoms with van der Waals surface area (Å²) in [4.78, 5) is 9.30. The molecule has 0 saturated heterocycles. The minimum atomic E-state index is 0.333. The first-order valence-corrected chi connectivity index (χ1v) is 2.02. The molecule has 2 heteroatoms. The van der Waals surface area contributed by atoms with Gasteiger partial charge < -0.3 is 4.74 Å². The third-order valence-corrected chi connectivity index (χ3v) is 0.474. The van der Waals surface area contributed by atoms with Gasteiger partial charge in [0.1, 0.15) is 6.61 Å². The van der Waals surface area contributed by atoms with Crippen molar-refractivity contribution in [2.24, 2.45) is 0 Å². The number of rotatable bonds is 3. The van der Waals surface area contributed by atoms with Gasteiger partial charge in [0.2, 0.25) is 0 Å². The van der Waals surface area contributed by atoms with Crippen molar-refractivity contribution in [1.29, 1.82) is 0 Å². The van der Waals surface area contributed by atoms with Crippen molar-refractivity contribution < 1.29 is 9.53 Å². The lowest BCUT2D eigenvalue weighted by Gasteiger charge is -1.82. The van der Waals surface area contributed by atoms with Gasteiger partial charge in [-0.1, -0.05) is 12.2 Å². The smallest absolute Gasteiger partial charge is 0.417 e. The van der Waals surface area contributed by atoms with E-state index in [1.165, 1.54) is 6.47 Å². The average molecular weight is 99.1 g/mol. The van der Waals surface area contributed by atoms with E-state index in [-0.39, 0.29) is 0 Å². The molecular formula is C5H7O2. The van der Waals surface area contributed by atoms with E-state index in [1.54, 1.807) is 12.2 Å². The fourth-order valence-corrected chi connectivity index (χ4v) is 0.178. The summed E-state index contributed by atoms with van der Waals surface area (Å²) in [5.41, 5.74) is 0. The highest BCUT2D eigenvalue weighted by Crippen LogP contribution is 1.69. The minimum Gasteiger partial charge on any atom is -0.453 e. The molecule has 0 rings (SSSR count). The maximum absolute atomic E-state index is 9.30. The zero-order valence-electron chi connectivity index (χ0n) is 4.18. The Labute approximate surface area is 42.8 Å². The van der Waals surface area contributed by atoms with Crippen LogP contribution in [0.25, 0.3) is 0 Å². The van der Waals surface area contributed by atoms with E-state index in [9.17, 15) is 4.79 Å². The summed E-state index contributed by atoms with van der Waals surface area (Å²) in [5, 5.41) is 0. The lowest BCUT2D eigenvalue weighted by molar-refractivity contribution is 0.314. The summed E-state index contributed by atoms with van der Waals surface area (Å²) >= 11 is 0. The molecule has 0 aliphatic rings. The molecule has 2 nitrogen and oxygen atoms in total. The standard InChI is InChI=1S/C5H7O2/c1-2-3-4-7-5-6/h2-3H,4H2,1H3/b3-2+. The van der Waals surface area contributed by atoms with Crippen molar-refractivity contribution in [2.45, 2.75) is 6.92 Å². The van der Waals surface area contributed by atoms with Crippen LogP contribution in [0.2, 0.25) is 0 Å². The highest BCUT2D eigenvalue weighted by atomic mass is 16.5. The first-order valence-electron chi connectivity index (χ1n) is 2.02. The van der Waals surface area contributed by atoms with Crippen LogP contribution in [0.5, 0.6) is 0 Å². The molecule has 0 bridgehead atoms. The summed E-state index contributed by atoms with van der Waals surface area (Å²) in [6.07, 6.45) is 3.53. The van der Waals surface area contributed by atoms with Crippen LogP contribution in [0.4, 0.5) is 0 Å². The highest BCUT2D eigenvalue weighted by Gasteiger charge is 1.70. The van der Waals surface area contributed by atoms with Crippen LogP contribution in [0.3, 0.4) is 0 Å². The Morgan fingerprint density at radius 2 is 2.57 bits per heavy atom. The summed E-state index contributed by atoms with van der Waals surface area (Å²) in [6, 6.07) is 0. The molecule has 0 aliphatic carbocycles. The second kappa shape index (κ2) is 5.21. The van der Waals surface area contributed by atoms with E-state index in [0.717, 1.165) is 0 Å². The average Bonchev–Trinajstić information content (AvgIpc) is 1.69. The molecule has 0 saturated carbocycles. The Balaban J connectivity index is 2.82. The molecule has 0 spiro atoms. The molecular weight excluding hydrogens is 92.1 g/mol. The molecule has 7 heavy (non-hydrogen) atoms. The van der Waals surface area contributed by atoms with Gasteiger partial charge >= 0.3 is 6.47 Å². The van der Waals surface area contributed by atoms with E-state index in [1.807, 2.05) is 6.92 Å².